The van der Waals surface area contributed by atoms with Gasteiger partial charge in [-0.25, -0.2) is 4.68 Å². The van der Waals surface area contributed by atoms with E-state index in [2.05, 4.69) is 16.9 Å². The lowest BCUT2D eigenvalue weighted by molar-refractivity contribution is -0.385. The highest BCUT2D eigenvalue weighted by Gasteiger charge is 2.31. The Morgan fingerprint density at radius 2 is 1.78 bits per heavy atom. The maximum Gasteiger partial charge on any atom is 0.320 e. The fourth-order valence-electron chi connectivity index (χ4n) is 4.07. The van der Waals surface area contributed by atoms with Gasteiger partial charge in [0.05, 0.1) is 16.3 Å². The van der Waals surface area contributed by atoms with Crippen molar-refractivity contribution in [3.8, 4) is 5.69 Å². The Balaban J connectivity index is 1.43. The van der Waals surface area contributed by atoms with Gasteiger partial charge in [-0.15, -0.1) is 0 Å². The molecule has 3 aromatic rings. The molecule has 0 radical (unpaired) electrons. The Hall–Kier alpha value is -3.53. The topological polar surface area (TPSA) is 102 Å². The van der Waals surface area contributed by atoms with E-state index in [4.69, 9.17) is 5.10 Å². The van der Waals surface area contributed by atoms with Crippen molar-refractivity contribution in [2.24, 2.45) is 0 Å². The molecule has 0 spiro atoms. The molecule has 0 saturated carbocycles. The molecule has 1 fully saturated rings. The average molecular weight is 438 g/mol. The number of aryl methyl sites for hydroxylation is 2. The number of hydrogen-bond acceptors (Lipinski definition) is 6. The van der Waals surface area contributed by atoms with Crippen LogP contribution in [-0.4, -0.2) is 66.4 Å². The summed E-state index contributed by atoms with van der Waals surface area (Å²) in [6.45, 7) is 9.50. The number of amides is 1. The van der Waals surface area contributed by atoms with Gasteiger partial charge in [0.15, 0.2) is 0 Å². The van der Waals surface area contributed by atoms with Crippen molar-refractivity contribution in [1.82, 2.24) is 29.4 Å². The van der Waals surface area contributed by atoms with Crippen LogP contribution in [0.15, 0.2) is 36.5 Å². The van der Waals surface area contributed by atoms with E-state index in [0.29, 0.717) is 32.7 Å². The van der Waals surface area contributed by atoms with Crippen LogP contribution in [0, 0.1) is 24.0 Å². The summed E-state index contributed by atoms with van der Waals surface area (Å²) in [5.41, 5.74) is 3.99. The van der Waals surface area contributed by atoms with Crippen LogP contribution in [0.25, 0.3) is 5.69 Å². The first-order valence-corrected chi connectivity index (χ1v) is 10.7. The second-order valence-corrected chi connectivity index (χ2v) is 7.94. The molecule has 168 valence electrons. The van der Waals surface area contributed by atoms with Crippen molar-refractivity contribution in [1.29, 1.82) is 0 Å². The van der Waals surface area contributed by atoms with Crippen LogP contribution in [0.4, 0.5) is 5.69 Å². The van der Waals surface area contributed by atoms with E-state index in [9.17, 15) is 14.9 Å². The van der Waals surface area contributed by atoms with E-state index in [1.165, 1.54) is 16.4 Å². The minimum atomic E-state index is -0.543. The number of carbonyl (C=O) groups is 1. The molecule has 0 aliphatic carbocycles. The van der Waals surface area contributed by atoms with Crippen LogP contribution in [0.5, 0.6) is 0 Å². The predicted octanol–water partition coefficient (Wildman–Crippen LogP) is 2.57. The van der Waals surface area contributed by atoms with E-state index in [1.807, 2.05) is 48.9 Å². The zero-order valence-electron chi connectivity index (χ0n) is 18.6. The van der Waals surface area contributed by atoms with Crippen LogP contribution >= 0.6 is 0 Å². The van der Waals surface area contributed by atoms with Crippen molar-refractivity contribution in [3.63, 3.8) is 0 Å². The molecular formula is C22H27N7O3. The lowest BCUT2D eigenvalue weighted by atomic mass is 10.1. The molecule has 10 heteroatoms. The molecule has 1 aliphatic rings. The second kappa shape index (κ2) is 8.91. The fourth-order valence-corrected chi connectivity index (χ4v) is 4.07. The predicted molar refractivity (Wildman–Crippen MR) is 119 cm³/mol. The zero-order valence-corrected chi connectivity index (χ0v) is 18.6. The smallest absolute Gasteiger partial charge is 0.320 e. The lowest BCUT2D eigenvalue weighted by Gasteiger charge is -2.34. The first kappa shape index (κ1) is 21.7. The van der Waals surface area contributed by atoms with Crippen molar-refractivity contribution in [3.05, 3.63) is 69.3 Å². The summed E-state index contributed by atoms with van der Waals surface area (Å²) in [5.74, 6) is -0.382. The van der Waals surface area contributed by atoms with Crippen LogP contribution in [0.1, 0.15) is 34.4 Å². The monoisotopic (exact) mass is 437 g/mol. The van der Waals surface area contributed by atoms with Crippen molar-refractivity contribution >= 4 is 11.6 Å². The highest BCUT2D eigenvalue weighted by atomic mass is 16.6. The largest absolute Gasteiger partial charge is 0.334 e. The van der Waals surface area contributed by atoms with E-state index < -0.39 is 4.92 Å². The SMILES string of the molecule is CCn1cc([N+](=O)[O-])c(C(=O)N2CCN(Cc3c(C)nn(-c4ccccc4)c3C)CC2)n1. The summed E-state index contributed by atoms with van der Waals surface area (Å²) < 4.78 is 3.39. The Bertz CT molecular complexity index is 1130. The number of hydrogen-bond donors (Lipinski definition) is 0. The van der Waals surface area contributed by atoms with Gasteiger partial charge in [0.2, 0.25) is 5.69 Å². The maximum absolute atomic E-state index is 12.9. The van der Waals surface area contributed by atoms with Gasteiger partial charge in [0.25, 0.3) is 5.91 Å². The van der Waals surface area contributed by atoms with Gasteiger partial charge in [-0.05, 0) is 32.9 Å². The molecule has 10 nitrogen and oxygen atoms in total. The minimum absolute atomic E-state index is 0.0823. The molecule has 3 heterocycles. The Morgan fingerprint density at radius 1 is 1.09 bits per heavy atom. The summed E-state index contributed by atoms with van der Waals surface area (Å²) in [4.78, 5) is 27.6. The third kappa shape index (κ3) is 4.13. The quantitative estimate of drug-likeness (QED) is 0.434. The standard InChI is InChI=1S/C22H27N7O3/c1-4-27-15-20(29(31)32)21(24-27)22(30)26-12-10-25(11-13-26)14-19-16(2)23-28(17(19)3)18-8-6-5-7-9-18/h5-9,15H,4,10-14H2,1-3H3. The van der Waals surface area contributed by atoms with Gasteiger partial charge in [0, 0.05) is 50.5 Å². The molecule has 0 N–H and O–H groups in total. The van der Waals surface area contributed by atoms with Gasteiger partial charge in [-0.3, -0.25) is 24.5 Å². The summed E-state index contributed by atoms with van der Waals surface area (Å²) in [6, 6.07) is 10.0. The second-order valence-electron chi connectivity index (χ2n) is 7.94. The van der Waals surface area contributed by atoms with Crippen LogP contribution in [-0.2, 0) is 13.1 Å². The van der Waals surface area contributed by atoms with E-state index in [0.717, 1.165) is 23.6 Å². The van der Waals surface area contributed by atoms with E-state index in [1.54, 1.807) is 4.90 Å². The van der Waals surface area contributed by atoms with Crippen LogP contribution < -0.4 is 0 Å². The number of aromatic nitrogens is 4. The van der Waals surface area contributed by atoms with Gasteiger partial charge >= 0.3 is 5.69 Å². The maximum atomic E-state index is 12.9. The molecule has 2 aromatic heterocycles. The number of nitrogens with zero attached hydrogens (tertiary/aromatic N) is 7. The molecule has 0 bridgehead atoms. The van der Waals surface area contributed by atoms with Gasteiger partial charge in [-0.2, -0.15) is 10.2 Å². The average Bonchev–Trinajstić information content (AvgIpc) is 3.37. The van der Waals surface area contributed by atoms with Crippen molar-refractivity contribution in [2.45, 2.75) is 33.9 Å². The molecule has 1 aromatic carbocycles. The number of carbonyl (C=O) groups excluding carboxylic acids is 1. The highest BCUT2D eigenvalue weighted by Crippen LogP contribution is 2.22. The van der Waals surface area contributed by atoms with Gasteiger partial charge in [0.1, 0.15) is 6.20 Å². The third-order valence-corrected chi connectivity index (χ3v) is 5.95. The molecular weight excluding hydrogens is 410 g/mol. The molecule has 1 amide bonds. The lowest BCUT2D eigenvalue weighted by Crippen LogP contribution is -2.48. The Labute approximate surface area is 186 Å². The normalized spacial score (nSPS) is 14.7. The van der Waals surface area contributed by atoms with Crippen LogP contribution in [0.3, 0.4) is 0 Å². The Kier molecular flexibility index (Phi) is 6.04. The van der Waals surface area contributed by atoms with Crippen LogP contribution in [0.2, 0.25) is 0 Å². The number of nitro groups is 1. The van der Waals surface area contributed by atoms with Crippen molar-refractivity contribution in [2.75, 3.05) is 26.2 Å². The summed E-state index contributed by atoms with van der Waals surface area (Å²) in [5, 5.41) is 20.2. The van der Waals surface area contributed by atoms with Gasteiger partial charge in [-0.1, -0.05) is 18.2 Å². The number of rotatable bonds is 6. The molecule has 0 atom stereocenters. The number of piperazine rings is 1. The highest BCUT2D eigenvalue weighted by molar-refractivity contribution is 5.96. The third-order valence-electron chi connectivity index (χ3n) is 5.95. The Morgan fingerprint density at radius 3 is 2.41 bits per heavy atom. The number of benzene rings is 1. The molecule has 32 heavy (non-hydrogen) atoms. The van der Waals surface area contributed by atoms with Gasteiger partial charge < -0.3 is 4.90 Å². The summed E-state index contributed by atoms with van der Waals surface area (Å²) in [7, 11) is 0. The minimum Gasteiger partial charge on any atom is -0.334 e. The fraction of sp³-hybridized carbons (Fsp3) is 0.409. The number of para-hydroxylation sites is 1. The molecule has 1 aliphatic heterocycles. The summed E-state index contributed by atoms with van der Waals surface area (Å²) in [6.07, 6.45) is 1.32. The van der Waals surface area contributed by atoms with Crippen molar-refractivity contribution < 1.29 is 9.72 Å². The zero-order chi connectivity index (χ0) is 22.8. The first-order valence-electron chi connectivity index (χ1n) is 10.7. The molecule has 4 rings (SSSR count). The summed E-state index contributed by atoms with van der Waals surface area (Å²) >= 11 is 0. The van der Waals surface area contributed by atoms with E-state index in [-0.39, 0.29) is 17.3 Å². The molecule has 0 unspecified atom stereocenters. The van der Waals surface area contributed by atoms with E-state index >= 15 is 0 Å². The molecule has 1 saturated heterocycles. The first-order chi connectivity index (χ1) is 15.4.